The predicted octanol–water partition coefficient (Wildman–Crippen LogP) is 2.43. The summed E-state index contributed by atoms with van der Waals surface area (Å²) in [6.45, 7) is 3.80. The van der Waals surface area contributed by atoms with Gasteiger partial charge in [-0.25, -0.2) is 9.98 Å². The van der Waals surface area contributed by atoms with E-state index in [0.717, 1.165) is 17.9 Å². The van der Waals surface area contributed by atoms with Crippen LogP contribution in [0, 0.1) is 0 Å². The standard InChI is InChI=1S/C17H21ClN8O.HI/c1-3-19-17(21-10-14-22-11-23-26(14)2)20-8-7-15-24-16(25-27-15)12-5-4-6-13(18)9-12;/h4-6,9,11H,3,7-8,10H2,1-2H3,(H2,19,20,21);1H. The van der Waals surface area contributed by atoms with Gasteiger partial charge in [-0.15, -0.1) is 24.0 Å². The Hall–Kier alpha value is -2.21. The van der Waals surface area contributed by atoms with Gasteiger partial charge in [0.2, 0.25) is 11.7 Å². The van der Waals surface area contributed by atoms with Gasteiger partial charge < -0.3 is 15.2 Å². The number of nitrogens with one attached hydrogen (secondary N) is 2. The molecule has 0 saturated carbocycles. The minimum atomic E-state index is 0. The van der Waals surface area contributed by atoms with E-state index in [1.807, 2.05) is 26.1 Å². The van der Waals surface area contributed by atoms with Crippen molar-refractivity contribution in [3.63, 3.8) is 0 Å². The second-order valence-electron chi connectivity index (χ2n) is 5.69. The van der Waals surface area contributed by atoms with Gasteiger partial charge in [0.25, 0.3) is 0 Å². The molecule has 0 unspecified atom stereocenters. The maximum atomic E-state index is 6.00. The Bertz CT molecular complexity index is 910. The minimum Gasteiger partial charge on any atom is -0.357 e. The Labute approximate surface area is 185 Å². The number of hydrogen-bond acceptors (Lipinski definition) is 6. The van der Waals surface area contributed by atoms with E-state index in [-0.39, 0.29) is 24.0 Å². The van der Waals surface area contributed by atoms with Crippen LogP contribution in [0.15, 0.2) is 40.1 Å². The van der Waals surface area contributed by atoms with E-state index in [4.69, 9.17) is 16.1 Å². The first kappa shape index (κ1) is 22.1. The average Bonchev–Trinajstić information content (AvgIpc) is 3.29. The van der Waals surface area contributed by atoms with Gasteiger partial charge in [0, 0.05) is 37.1 Å². The van der Waals surface area contributed by atoms with Gasteiger partial charge in [-0.1, -0.05) is 28.9 Å². The fourth-order valence-electron chi connectivity index (χ4n) is 2.34. The summed E-state index contributed by atoms with van der Waals surface area (Å²) in [4.78, 5) is 13.1. The summed E-state index contributed by atoms with van der Waals surface area (Å²) >= 11 is 6.00. The Morgan fingerprint density at radius 2 is 2.18 bits per heavy atom. The van der Waals surface area contributed by atoms with Gasteiger partial charge in [-0.2, -0.15) is 10.1 Å². The van der Waals surface area contributed by atoms with Crippen LogP contribution in [0.4, 0.5) is 0 Å². The topological polar surface area (TPSA) is 106 Å². The van der Waals surface area contributed by atoms with Crippen molar-refractivity contribution in [2.75, 3.05) is 13.1 Å². The molecule has 0 bridgehead atoms. The molecule has 0 atom stereocenters. The zero-order chi connectivity index (χ0) is 19.1. The lowest BCUT2D eigenvalue weighted by molar-refractivity contribution is 0.378. The van der Waals surface area contributed by atoms with E-state index >= 15 is 0 Å². The van der Waals surface area contributed by atoms with Gasteiger partial charge in [-0.3, -0.25) is 4.68 Å². The number of rotatable bonds is 7. The number of guanidine groups is 1. The molecule has 2 N–H and O–H groups in total. The molecule has 0 fully saturated rings. The first-order valence-electron chi connectivity index (χ1n) is 8.59. The largest absolute Gasteiger partial charge is 0.357 e. The van der Waals surface area contributed by atoms with Crippen LogP contribution in [-0.4, -0.2) is 44.0 Å². The lowest BCUT2D eigenvalue weighted by Crippen LogP contribution is -2.38. The second kappa shape index (κ2) is 11.0. The fourth-order valence-corrected chi connectivity index (χ4v) is 2.53. The van der Waals surface area contributed by atoms with Crippen LogP contribution in [0.5, 0.6) is 0 Å². The lowest BCUT2D eigenvalue weighted by atomic mass is 10.2. The maximum Gasteiger partial charge on any atom is 0.228 e. The normalized spacial score (nSPS) is 11.2. The van der Waals surface area contributed by atoms with E-state index < -0.39 is 0 Å². The fraction of sp³-hybridized carbons (Fsp3) is 0.353. The van der Waals surface area contributed by atoms with Crippen molar-refractivity contribution >= 4 is 41.5 Å². The summed E-state index contributed by atoms with van der Waals surface area (Å²) in [5.41, 5.74) is 0.823. The number of aromatic nitrogens is 5. The van der Waals surface area contributed by atoms with Gasteiger partial charge in [-0.05, 0) is 19.1 Å². The van der Waals surface area contributed by atoms with E-state index in [9.17, 15) is 0 Å². The third-order valence-corrected chi connectivity index (χ3v) is 3.95. The van der Waals surface area contributed by atoms with E-state index in [0.29, 0.717) is 42.2 Å². The summed E-state index contributed by atoms with van der Waals surface area (Å²) in [6.07, 6.45) is 2.08. The van der Waals surface area contributed by atoms with E-state index in [1.54, 1.807) is 16.8 Å². The number of hydrogen-bond donors (Lipinski definition) is 2. The third-order valence-electron chi connectivity index (χ3n) is 3.71. The zero-order valence-corrected chi connectivity index (χ0v) is 18.7. The molecule has 3 rings (SSSR count). The number of aliphatic imine (C=N–C) groups is 1. The molecule has 0 radical (unpaired) electrons. The van der Waals surface area contributed by atoms with Gasteiger partial charge in [0.15, 0.2) is 5.96 Å². The smallest absolute Gasteiger partial charge is 0.228 e. The maximum absolute atomic E-state index is 6.00. The molecular weight excluding hydrogens is 495 g/mol. The SMILES string of the molecule is CCNC(=NCc1ncnn1C)NCCc1nc(-c2cccc(Cl)c2)no1.I. The summed E-state index contributed by atoms with van der Waals surface area (Å²) in [5.74, 6) is 2.54. The summed E-state index contributed by atoms with van der Waals surface area (Å²) < 4.78 is 7.01. The van der Waals surface area contributed by atoms with E-state index in [1.165, 1.54) is 6.33 Å². The van der Waals surface area contributed by atoms with E-state index in [2.05, 4.69) is 35.8 Å². The van der Waals surface area contributed by atoms with Crippen LogP contribution in [0.3, 0.4) is 0 Å². The average molecular weight is 517 g/mol. The molecule has 3 aromatic rings. The number of benzene rings is 1. The number of aryl methyl sites for hydroxylation is 1. The molecule has 0 spiro atoms. The van der Waals surface area contributed by atoms with Crippen LogP contribution in [0.2, 0.25) is 5.02 Å². The van der Waals surface area contributed by atoms with Crippen molar-refractivity contribution in [3.8, 4) is 11.4 Å². The highest BCUT2D eigenvalue weighted by atomic mass is 127. The molecule has 2 aromatic heterocycles. The molecule has 0 aliphatic carbocycles. The summed E-state index contributed by atoms with van der Waals surface area (Å²) in [6, 6.07) is 7.35. The van der Waals surface area contributed by atoms with Gasteiger partial charge >= 0.3 is 0 Å². The monoisotopic (exact) mass is 516 g/mol. The van der Waals surface area contributed by atoms with Crippen LogP contribution >= 0.6 is 35.6 Å². The first-order chi connectivity index (χ1) is 13.2. The molecule has 11 heteroatoms. The molecular formula is C17H22ClIN8O. The zero-order valence-electron chi connectivity index (χ0n) is 15.6. The molecule has 0 saturated heterocycles. The van der Waals surface area contributed by atoms with Crippen LogP contribution < -0.4 is 10.6 Å². The van der Waals surface area contributed by atoms with Crippen molar-refractivity contribution in [2.24, 2.45) is 12.0 Å². The third kappa shape index (κ3) is 6.16. The van der Waals surface area contributed by atoms with Crippen molar-refractivity contribution in [1.82, 2.24) is 35.5 Å². The number of halogens is 2. The molecule has 9 nitrogen and oxygen atoms in total. The summed E-state index contributed by atoms with van der Waals surface area (Å²) in [5, 5.41) is 15.1. The minimum absolute atomic E-state index is 0. The van der Waals surface area contributed by atoms with Crippen molar-refractivity contribution in [1.29, 1.82) is 0 Å². The molecule has 0 aliphatic rings. The van der Waals surface area contributed by atoms with Gasteiger partial charge in [0.1, 0.15) is 18.7 Å². The summed E-state index contributed by atoms with van der Waals surface area (Å²) in [7, 11) is 1.84. The quantitative estimate of drug-likeness (QED) is 0.282. The highest BCUT2D eigenvalue weighted by molar-refractivity contribution is 14.0. The molecule has 2 heterocycles. The van der Waals surface area contributed by atoms with Crippen LogP contribution in [0.25, 0.3) is 11.4 Å². The first-order valence-corrected chi connectivity index (χ1v) is 8.97. The number of nitrogens with zero attached hydrogens (tertiary/aromatic N) is 6. The Morgan fingerprint density at radius 1 is 1.32 bits per heavy atom. The van der Waals surface area contributed by atoms with Crippen LogP contribution in [-0.2, 0) is 20.0 Å². The molecule has 28 heavy (non-hydrogen) atoms. The van der Waals surface area contributed by atoms with Gasteiger partial charge in [0.05, 0.1) is 0 Å². The molecule has 150 valence electrons. The second-order valence-corrected chi connectivity index (χ2v) is 6.13. The highest BCUT2D eigenvalue weighted by Crippen LogP contribution is 2.19. The Kier molecular flexibility index (Phi) is 8.64. The molecule has 0 aliphatic heterocycles. The van der Waals surface area contributed by atoms with Crippen molar-refractivity contribution < 1.29 is 4.52 Å². The highest BCUT2D eigenvalue weighted by Gasteiger charge is 2.09. The Morgan fingerprint density at radius 3 is 2.89 bits per heavy atom. The molecule has 0 amide bonds. The predicted molar refractivity (Wildman–Crippen MR) is 118 cm³/mol. The van der Waals surface area contributed by atoms with Crippen LogP contribution in [0.1, 0.15) is 18.6 Å². The lowest BCUT2D eigenvalue weighted by Gasteiger charge is -2.10. The Balaban J connectivity index is 0.00000280. The van der Waals surface area contributed by atoms with Crippen molar-refractivity contribution in [2.45, 2.75) is 19.9 Å². The van der Waals surface area contributed by atoms with Crippen molar-refractivity contribution in [3.05, 3.63) is 47.3 Å². The molecule has 1 aromatic carbocycles.